The van der Waals surface area contributed by atoms with Crippen molar-refractivity contribution in [2.24, 2.45) is 0 Å². The van der Waals surface area contributed by atoms with Gasteiger partial charge in [0.2, 0.25) is 0 Å². The van der Waals surface area contributed by atoms with Crippen molar-refractivity contribution in [3.63, 3.8) is 0 Å². The zero-order chi connectivity index (χ0) is 12.1. The molecule has 0 saturated carbocycles. The van der Waals surface area contributed by atoms with Crippen molar-refractivity contribution in [2.75, 3.05) is 32.8 Å². The quantitative estimate of drug-likeness (QED) is 0.739. The molecule has 17 heavy (non-hydrogen) atoms. The zero-order valence-electron chi connectivity index (χ0n) is 9.51. The number of hydrogen-bond acceptors (Lipinski definition) is 3. The lowest BCUT2D eigenvalue weighted by atomic mass is 10.3. The highest BCUT2D eigenvalue weighted by atomic mass is 19.2. The second kappa shape index (κ2) is 5.63. The number of carbonyl (C=O) groups excluding carboxylic acids is 1. The Balaban J connectivity index is 1.78. The fourth-order valence-corrected chi connectivity index (χ4v) is 1.68. The molecule has 1 aromatic carbocycles. The van der Waals surface area contributed by atoms with Gasteiger partial charge in [0.1, 0.15) is 5.75 Å². The maximum absolute atomic E-state index is 12.7. The molecule has 1 aliphatic rings. The van der Waals surface area contributed by atoms with E-state index in [1.165, 1.54) is 0 Å². The molecule has 0 bridgehead atoms. The first-order valence-corrected chi connectivity index (χ1v) is 5.62. The molecule has 5 heteroatoms. The molecule has 0 atom stereocenters. The summed E-state index contributed by atoms with van der Waals surface area (Å²) in [6, 6.07) is 9.18. The largest absolute Gasteiger partial charge is 0.484 e. The van der Waals surface area contributed by atoms with Gasteiger partial charge in [0.05, 0.1) is 0 Å². The van der Waals surface area contributed by atoms with Crippen LogP contribution in [0.25, 0.3) is 0 Å². The fourth-order valence-electron chi connectivity index (χ4n) is 1.68. The van der Waals surface area contributed by atoms with E-state index >= 15 is 0 Å². The Kier molecular flexibility index (Phi) is 3.93. The van der Waals surface area contributed by atoms with Crippen LogP contribution in [0.1, 0.15) is 0 Å². The lowest BCUT2D eigenvalue weighted by Gasteiger charge is -2.29. The van der Waals surface area contributed by atoms with E-state index in [0.717, 1.165) is 5.12 Å². The number of hydrogen-bond donors (Lipinski definition) is 0. The van der Waals surface area contributed by atoms with E-state index in [2.05, 4.69) is 0 Å². The molecule has 4 nitrogen and oxygen atoms in total. The molecule has 0 unspecified atom stereocenters. The third-order valence-electron chi connectivity index (χ3n) is 2.68. The summed E-state index contributed by atoms with van der Waals surface area (Å²) in [7, 11) is 0. The summed E-state index contributed by atoms with van der Waals surface area (Å²) >= 11 is 0. The highest BCUT2D eigenvalue weighted by molar-refractivity contribution is 5.77. The Hall–Kier alpha value is -1.62. The van der Waals surface area contributed by atoms with Gasteiger partial charge in [0.15, 0.2) is 6.61 Å². The van der Waals surface area contributed by atoms with E-state index in [4.69, 9.17) is 4.74 Å². The molecule has 1 aromatic rings. The predicted molar refractivity (Wildman–Crippen MR) is 61.2 cm³/mol. The summed E-state index contributed by atoms with van der Waals surface area (Å²) in [4.78, 5) is 13.4. The fraction of sp³-hybridized carbons (Fsp3) is 0.417. The van der Waals surface area contributed by atoms with Gasteiger partial charge in [-0.15, -0.1) is 9.60 Å². The first-order valence-electron chi connectivity index (χ1n) is 5.62. The van der Waals surface area contributed by atoms with Gasteiger partial charge in [-0.1, -0.05) is 18.2 Å². The van der Waals surface area contributed by atoms with E-state index in [1.54, 1.807) is 17.0 Å². The number of amides is 1. The van der Waals surface area contributed by atoms with E-state index in [1.807, 2.05) is 18.2 Å². The van der Waals surface area contributed by atoms with Crippen LogP contribution in [0.5, 0.6) is 5.75 Å². The van der Waals surface area contributed by atoms with Crippen molar-refractivity contribution in [2.45, 2.75) is 0 Å². The molecule has 1 fully saturated rings. The number of benzene rings is 1. The highest BCUT2D eigenvalue weighted by Gasteiger charge is 2.20. The number of carbonyl (C=O) groups is 1. The molecule has 0 N–H and O–H groups in total. The first-order chi connectivity index (χ1) is 8.25. The third kappa shape index (κ3) is 3.42. The zero-order valence-corrected chi connectivity index (χ0v) is 9.51. The number of rotatable bonds is 3. The normalized spacial score (nSPS) is 16.9. The summed E-state index contributed by atoms with van der Waals surface area (Å²) in [5.74, 6) is 0.576. The number of ether oxygens (including phenoxy) is 1. The van der Waals surface area contributed by atoms with Gasteiger partial charge in [-0.2, -0.15) is 0 Å². The minimum Gasteiger partial charge on any atom is -0.484 e. The smallest absolute Gasteiger partial charge is 0.260 e. The van der Waals surface area contributed by atoms with E-state index in [0.29, 0.717) is 18.8 Å². The second-order valence-corrected chi connectivity index (χ2v) is 3.89. The van der Waals surface area contributed by atoms with E-state index in [9.17, 15) is 9.28 Å². The maximum Gasteiger partial charge on any atom is 0.260 e. The number of piperazine rings is 1. The molecule has 0 radical (unpaired) electrons. The molecule has 2 rings (SSSR count). The molecule has 1 heterocycles. The number of nitrogens with zero attached hydrogens (tertiary/aromatic N) is 2. The second-order valence-electron chi connectivity index (χ2n) is 3.89. The minimum absolute atomic E-state index is 0.0102. The van der Waals surface area contributed by atoms with Crippen molar-refractivity contribution < 1.29 is 14.0 Å². The van der Waals surface area contributed by atoms with Gasteiger partial charge >= 0.3 is 0 Å². The summed E-state index contributed by atoms with van der Waals surface area (Å²) in [6.07, 6.45) is 0. The van der Waals surface area contributed by atoms with Crippen molar-refractivity contribution in [3.05, 3.63) is 30.3 Å². The van der Waals surface area contributed by atoms with Gasteiger partial charge in [0, 0.05) is 26.2 Å². The summed E-state index contributed by atoms with van der Waals surface area (Å²) in [5, 5.41) is 0.724. The lowest BCUT2D eigenvalue weighted by molar-refractivity contribution is -0.137. The minimum atomic E-state index is -0.0954. The van der Waals surface area contributed by atoms with Gasteiger partial charge in [-0.05, 0) is 12.1 Å². The molecular formula is C12H15FN2O2. The molecule has 0 spiro atoms. The van der Waals surface area contributed by atoms with Crippen LogP contribution in [0.2, 0.25) is 0 Å². The van der Waals surface area contributed by atoms with Crippen LogP contribution < -0.4 is 4.74 Å². The topological polar surface area (TPSA) is 32.8 Å². The average molecular weight is 238 g/mol. The molecule has 1 aliphatic heterocycles. The van der Waals surface area contributed by atoms with Crippen molar-refractivity contribution >= 4 is 5.91 Å². The standard InChI is InChI=1S/C12H15FN2O2/c13-15-8-6-14(7-9-15)12(16)10-17-11-4-2-1-3-5-11/h1-5H,6-10H2. The predicted octanol–water partition coefficient (Wildman–Crippen LogP) is 1.09. The molecular weight excluding hydrogens is 223 g/mol. The summed E-state index contributed by atoms with van der Waals surface area (Å²) in [5.41, 5.74) is 0. The monoisotopic (exact) mass is 238 g/mol. The van der Waals surface area contributed by atoms with Crippen LogP contribution in [0, 0.1) is 0 Å². The van der Waals surface area contributed by atoms with Gasteiger partial charge in [-0.3, -0.25) is 4.79 Å². The van der Waals surface area contributed by atoms with Crippen molar-refractivity contribution in [1.29, 1.82) is 0 Å². The van der Waals surface area contributed by atoms with E-state index in [-0.39, 0.29) is 25.6 Å². The molecule has 92 valence electrons. The highest BCUT2D eigenvalue weighted by Crippen LogP contribution is 2.09. The Labute approximate surface area is 99.5 Å². The summed E-state index contributed by atoms with van der Waals surface area (Å²) < 4.78 is 18.1. The van der Waals surface area contributed by atoms with Crippen LogP contribution in [0.3, 0.4) is 0 Å². The van der Waals surface area contributed by atoms with Crippen LogP contribution in [0.4, 0.5) is 4.48 Å². The van der Waals surface area contributed by atoms with Crippen LogP contribution in [-0.4, -0.2) is 48.7 Å². The van der Waals surface area contributed by atoms with Crippen LogP contribution in [-0.2, 0) is 4.79 Å². The van der Waals surface area contributed by atoms with Gasteiger partial charge in [-0.25, -0.2) is 0 Å². The average Bonchev–Trinajstić information content (AvgIpc) is 2.38. The maximum atomic E-state index is 12.7. The Morgan fingerprint density at radius 2 is 1.82 bits per heavy atom. The molecule has 0 aromatic heterocycles. The Bertz CT molecular complexity index is 364. The third-order valence-corrected chi connectivity index (χ3v) is 2.68. The lowest BCUT2D eigenvalue weighted by Crippen LogP contribution is -2.47. The SMILES string of the molecule is O=C(COc1ccccc1)N1CCN(F)CC1. The van der Waals surface area contributed by atoms with Crippen molar-refractivity contribution in [1.82, 2.24) is 10.0 Å². The van der Waals surface area contributed by atoms with E-state index < -0.39 is 0 Å². The van der Waals surface area contributed by atoms with Crippen LogP contribution in [0.15, 0.2) is 30.3 Å². The molecule has 1 amide bonds. The first kappa shape index (κ1) is 11.9. The number of para-hydroxylation sites is 1. The number of halogens is 1. The van der Waals surface area contributed by atoms with Crippen molar-refractivity contribution in [3.8, 4) is 5.75 Å². The van der Waals surface area contributed by atoms with Gasteiger partial charge < -0.3 is 9.64 Å². The molecule has 0 aliphatic carbocycles. The Morgan fingerprint density at radius 1 is 1.18 bits per heavy atom. The summed E-state index contributed by atoms with van der Waals surface area (Å²) in [6.45, 7) is 1.41. The van der Waals surface area contributed by atoms with Gasteiger partial charge in [0.25, 0.3) is 5.91 Å². The molecule has 1 saturated heterocycles. The Morgan fingerprint density at radius 3 is 2.47 bits per heavy atom. The van der Waals surface area contributed by atoms with Crippen LogP contribution >= 0.6 is 0 Å².